The van der Waals surface area contributed by atoms with Gasteiger partial charge in [0.2, 0.25) is 10.0 Å². The van der Waals surface area contributed by atoms with E-state index in [-0.39, 0.29) is 12.3 Å². The summed E-state index contributed by atoms with van der Waals surface area (Å²) in [6, 6.07) is 11.0. The molecule has 6 nitrogen and oxygen atoms in total. The number of carbonyl (C=O) groups excluding carboxylic acids is 1. The third-order valence-corrected chi connectivity index (χ3v) is 7.63. The van der Waals surface area contributed by atoms with Crippen molar-refractivity contribution in [3.63, 3.8) is 0 Å². The Morgan fingerprint density at radius 3 is 2.67 bits per heavy atom. The third-order valence-electron chi connectivity index (χ3n) is 4.99. The molecule has 1 aliphatic heterocycles. The molecule has 0 radical (unpaired) electrons. The number of rotatable bonds is 4. The van der Waals surface area contributed by atoms with Gasteiger partial charge in [0.1, 0.15) is 22.0 Å². The van der Waals surface area contributed by atoms with Crippen LogP contribution in [0.2, 0.25) is 0 Å². The molecule has 1 N–H and O–H groups in total. The van der Waals surface area contributed by atoms with Crippen LogP contribution in [0, 0.1) is 0 Å². The topological polar surface area (TPSA) is 81.7 Å². The molecule has 1 aliphatic carbocycles. The van der Waals surface area contributed by atoms with Crippen molar-refractivity contribution >= 4 is 27.3 Å². The van der Waals surface area contributed by atoms with Gasteiger partial charge in [0.25, 0.3) is 0 Å². The van der Waals surface area contributed by atoms with E-state index < -0.39 is 27.3 Å². The molecule has 2 aromatic rings. The van der Waals surface area contributed by atoms with Crippen molar-refractivity contribution in [2.24, 2.45) is 0 Å². The lowest BCUT2D eigenvalue weighted by Gasteiger charge is -2.32. The number of carbonyl (C=O) groups is 1. The molecule has 0 unspecified atom stereocenters. The standard InChI is InChI=1S/C19H19NO5S2/c1-24-14-6-4-12(5-7-14)15-9-13-11-20-27(22,23)18(13)10-16(15)25-19(21)17-3-2-8-26-17/h2-9,15-16,18,20H,10-11H2,1H3/t15-,16-,18+/m1/s1. The molecule has 1 aromatic heterocycles. The zero-order valence-corrected chi connectivity index (χ0v) is 16.3. The Kier molecular flexibility index (Phi) is 4.79. The molecule has 1 fully saturated rings. The lowest BCUT2D eigenvalue weighted by molar-refractivity contribution is 0.0243. The fourth-order valence-corrected chi connectivity index (χ4v) is 5.76. The molecule has 0 bridgehead atoms. The Morgan fingerprint density at radius 2 is 2.00 bits per heavy atom. The summed E-state index contributed by atoms with van der Waals surface area (Å²) in [4.78, 5) is 13.0. The number of sulfonamides is 1. The zero-order valence-electron chi connectivity index (χ0n) is 14.6. The highest BCUT2D eigenvalue weighted by atomic mass is 32.2. The minimum Gasteiger partial charge on any atom is -0.497 e. The van der Waals surface area contributed by atoms with Gasteiger partial charge in [0.05, 0.1) is 7.11 Å². The number of thiophene rings is 1. The monoisotopic (exact) mass is 405 g/mol. The molecule has 2 heterocycles. The molecule has 0 amide bonds. The van der Waals surface area contributed by atoms with Crippen molar-refractivity contribution in [3.8, 4) is 5.75 Å². The first kappa shape index (κ1) is 18.2. The number of hydrogen-bond acceptors (Lipinski definition) is 6. The first-order valence-electron chi connectivity index (χ1n) is 8.55. The van der Waals surface area contributed by atoms with Crippen LogP contribution in [0.3, 0.4) is 0 Å². The molecule has 0 spiro atoms. The van der Waals surface area contributed by atoms with Crippen LogP contribution in [0.5, 0.6) is 5.75 Å². The maximum Gasteiger partial charge on any atom is 0.348 e. The van der Waals surface area contributed by atoms with Gasteiger partial charge < -0.3 is 9.47 Å². The Labute approximate surface area is 161 Å². The van der Waals surface area contributed by atoms with E-state index in [1.165, 1.54) is 11.3 Å². The number of benzene rings is 1. The summed E-state index contributed by atoms with van der Waals surface area (Å²) in [5.41, 5.74) is 1.79. The van der Waals surface area contributed by atoms with E-state index in [1.807, 2.05) is 35.7 Å². The number of hydrogen-bond donors (Lipinski definition) is 1. The number of ether oxygens (including phenoxy) is 2. The predicted molar refractivity (Wildman–Crippen MR) is 103 cm³/mol. The SMILES string of the molecule is COc1ccc([C@H]2C=C3CNS(=O)(=O)[C@H]3C[C@H]2OC(=O)c2cccs2)cc1. The fraction of sp³-hybridized carbons (Fsp3) is 0.316. The van der Waals surface area contributed by atoms with Crippen LogP contribution in [0.4, 0.5) is 0 Å². The molecule has 0 saturated carbocycles. The second kappa shape index (κ2) is 7.10. The minimum atomic E-state index is -3.41. The number of methoxy groups -OCH3 is 1. The summed E-state index contributed by atoms with van der Waals surface area (Å²) in [6.45, 7) is 0.311. The van der Waals surface area contributed by atoms with E-state index in [9.17, 15) is 13.2 Å². The van der Waals surface area contributed by atoms with Crippen LogP contribution in [-0.2, 0) is 14.8 Å². The molecular formula is C19H19NO5S2. The molecule has 8 heteroatoms. The lowest BCUT2D eigenvalue weighted by atomic mass is 9.83. The minimum absolute atomic E-state index is 0.207. The van der Waals surface area contributed by atoms with Crippen molar-refractivity contribution in [2.75, 3.05) is 13.7 Å². The van der Waals surface area contributed by atoms with Crippen molar-refractivity contribution < 1.29 is 22.7 Å². The van der Waals surface area contributed by atoms with Gasteiger partial charge in [0.15, 0.2) is 0 Å². The van der Waals surface area contributed by atoms with Crippen molar-refractivity contribution in [3.05, 3.63) is 63.9 Å². The summed E-state index contributed by atoms with van der Waals surface area (Å²) in [5.74, 6) is 0.104. The van der Waals surface area contributed by atoms with Gasteiger partial charge in [-0.25, -0.2) is 17.9 Å². The van der Waals surface area contributed by atoms with E-state index >= 15 is 0 Å². The van der Waals surface area contributed by atoms with Gasteiger partial charge in [-0.05, 0) is 34.7 Å². The molecular weight excluding hydrogens is 386 g/mol. The van der Waals surface area contributed by atoms with Gasteiger partial charge in [-0.3, -0.25) is 0 Å². The number of fused-ring (bicyclic) bond motifs is 1. The van der Waals surface area contributed by atoms with Crippen molar-refractivity contribution in [1.29, 1.82) is 0 Å². The Balaban J connectivity index is 1.67. The van der Waals surface area contributed by atoms with E-state index in [0.717, 1.165) is 16.9 Å². The van der Waals surface area contributed by atoms with E-state index in [1.54, 1.807) is 19.2 Å². The summed E-state index contributed by atoms with van der Waals surface area (Å²) in [5, 5.41) is 1.16. The smallest absolute Gasteiger partial charge is 0.348 e. The summed E-state index contributed by atoms with van der Waals surface area (Å²) < 4.78 is 38.1. The lowest BCUT2D eigenvalue weighted by Crippen LogP contribution is -2.36. The highest BCUT2D eigenvalue weighted by Crippen LogP contribution is 2.39. The van der Waals surface area contributed by atoms with E-state index in [2.05, 4.69) is 4.72 Å². The van der Waals surface area contributed by atoms with Crippen LogP contribution in [-0.4, -0.2) is 39.4 Å². The highest BCUT2D eigenvalue weighted by Gasteiger charge is 2.44. The van der Waals surface area contributed by atoms with Crippen LogP contribution < -0.4 is 9.46 Å². The first-order chi connectivity index (χ1) is 13.0. The van der Waals surface area contributed by atoms with Crippen LogP contribution >= 0.6 is 11.3 Å². The number of esters is 1. The van der Waals surface area contributed by atoms with Gasteiger partial charge in [0, 0.05) is 18.9 Å². The second-order valence-electron chi connectivity index (χ2n) is 6.55. The average Bonchev–Trinajstić information content (AvgIpc) is 3.30. The Bertz CT molecular complexity index is 964. The summed E-state index contributed by atoms with van der Waals surface area (Å²) in [7, 11) is -1.81. The average molecular weight is 405 g/mol. The second-order valence-corrected chi connectivity index (χ2v) is 9.45. The largest absolute Gasteiger partial charge is 0.497 e. The first-order valence-corrected chi connectivity index (χ1v) is 11.0. The van der Waals surface area contributed by atoms with Crippen molar-refractivity contribution in [1.82, 2.24) is 4.72 Å². The zero-order chi connectivity index (χ0) is 19.0. The van der Waals surface area contributed by atoms with Gasteiger partial charge in [-0.1, -0.05) is 24.3 Å². The Hall–Kier alpha value is -2.16. The fourth-order valence-electron chi connectivity index (χ4n) is 3.59. The van der Waals surface area contributed by atoms with Gasteiger partial charge in [-0.15, -0.1) is 11.3 Å². The van der Waals surface area contributed by atoms with E-state index in [4.69, 9.17) is 9.47 Å². The van der Waals surface area contributed by atoms with Gasteiger partial charge in [-0.2, -0.15) is 0 Å². The number of nitrogens with one attached hydrogen (secondary N) is 1. The van der Waals surface area contributed by atoms with Crippen LogP contribution in [0.15, 0.2) is 53.4 Å². The predicted octanol–water partition coefficient (Wildman–Crippen LogP) is 2.70. The maximum absolute atomic E-state index is 12.5. The Morgan fingerprint density at radius 1 is 1.22 bits per heavy atom. The van der Waals surface area contributed by atoms with E-state index in [0.29, 0.717) is 11.4 Å². The summed E-state index contributed by atoms with van der Waals surface area (Å²) in [6.07, 6.45) is 1.62. The van der Waals surface area contributed by atoms with Crippen LogP contribution in [0.25, 0.3) is 0 Å². The molecule has 1 aromatic carbocycles. The molecule has 1 saturated heterocycles. The quantitative estimate of drug-likeness (QED) is 0.625. The molecule has 3 atom stereocenters. The third kappa shape index (κ3) is 3.52. The maximum atomic E-state index is 12.5. The highest BCUT2D eigenvalue weighted by molar-refractivity contribution is 7.90. The molecule has 27 heavy (non-hydrogen) atoms. The van der Waals surface area contributed by atoms with Crippen molar-refractivity contribution in [2.45, 2.75) is 23.7 Å². The molecule has 142 valence electrons. The summed E-state index contributed by atoms with van der Waals surface area (Å²) >= 11 is 1.30. The van der Waals surface area contributed by atoms with Crippen LogP contribution in [0.1, 0.15) is 27.6 Å². The molecule has 4 rings (SSSR count). The van der Waals surface area contributed by atoms with Gasteiger partial charge >= 0.3 is 5.97 Å². The molecule has 2 aliphatic rings. The normalized spacial score (nSPS) is 26.1.